The Morgan fingerprint density at radius 1 is 1.21 bits per heavy atom. The van der Waals surface area contributed by atoms with Crippen LogP contribution < -0.4 is 0 Å². The number of rotatable bonds is 4. The lowest BCUT2D eigenvalue weighted by Gasteiger charge is -2.22. The molecule has 0 unspecified atom stereocenters. The number of likely N-dealkylation sites (tertiary alicyclic amines) is 1. The summed E-state index contributed by atoms with van der Waals surface area (Å²) in [5.74, 6) is 1.19. The van der Waals surface area contributed by atoms with Gasteiger partial charge in [0.25, 0.3) is 0 Å². The third-order valence-corrected chi connectivity index (χ3v) is 4.86. The van der Waals surface area contributed by atoms with Crippen LogP contribution in [-0.2, 0) is 22.5 Å². The minimum atomic E-state index is 0.114. The smallest absolute Gasteiger partial charge is 0.230 e. The fourth-order valence-corrected chi connectivity index (χ4v) is 3.62. The Labute approximate surface area is 141 Å². The molecule has 128 valence electrons. The van der Waals surface area contributed by atoms with E-state index >= 15 is 0 Å². The Morgan fingerprint density at radius 2 is 2.17 bits per heavy atom. The Balaban J connectivity index is 1.36. The van der Waals surface area contributed by atoms with Crippen LogP contribution >= 0.6 is 0 Å². The number of carbonyl (C=O) groups is 1. The van der Waals surface area contributed by atoms with E-state index in [1.807, 2.05) is 23.1 Å². The van der Waals surface area contributed by atoms with Gasteiger partial charge in [0.15, 0.2) is 0 Å². The molecule has 1 amide bonds. The first-order valence-electron chi connectivity index (χ1n) is 8.43. The van der Waals surface area contributed by atoms with Crippen LogP contribution in [0.4, 0.5) is 0 Å². The molecule has 2 saturated heterocycles. The Bertz CT molecular complexity index is 653. The summed E-state index contributed by atoms with van der Waals surface area (Å²) in [4.78, 5) is 16.8. The molecule has 0 bridgehead atoms. The summed E-state index contributed by atoms with van der Waals surface area (Å²) in [5.41, 5.74) is 1.18. The van der Waals surface area contributed by atoms with Gasteiger partial charge in [-0.1, -0.05) is 0 Å². The maximum absolute atomic E-state index is 12.5. The van der Waals surface area contributed by atoms with Gasteiger partial charge < -0.3 is 18.5 Å². The molecular formula is C18H22N2O4. The van der Waals surface area contributed by atoms with Crippen LogP contribution in [0.1, 0.15) is 11.3 Å². The average molecular weight is 330 g/mol. The van der Waals surface area contributed by atoms with Gasteiger partial charge in [0.05, 0.1) is 37.9 Å². The first-order valence-corrected chi connectivity index (χ1v) is 8.43. The third-order valence-electron chi connectivity index (χ3n) is 4.86. The van der Waals surface area contributed by atoms with E-state index in [1.165, 1.54) is 5.56 Å². The molecule has 2 aliphatic heterocycles. The third kappa shape index (κ3) is 3.39. The van der Waals surface area contributed by atoms with Gasteiger partial charge in [0, 0.05) is 44.2 Å². The molecule has 2 fully saturated rings. The van der Waals surface area contributed by atoms with Gasteiger partial charge in [-0.25, -0.2) is 0 Å². The van der Waals surface area contributed by atoms with E-state index < -0.39 is 0 Å². The molecule has 6 heteroatoms. The van der Waals surface area contributed by atoms with Crippen LogP contribution in [-0.4, -0.2) is 54.6 Å². The fourth-order valence-electron chi connectivity index (χ4n) is 3.62. The first kappa shape index (κ1) is 15.5. The first-order chi connectivity index (χ1) is 11.8. The van der Waals surface area contributed by atoms with Crippen molar-refractivity contribution in [1.82, 2.24) is 9.80 Å². The molecule has 4 rings (SSSR count). The van der Waals surface area contributed by atoms with E-state index in [4.69, 9.17) is 13.6 Å². The van der Waals surface area contributed by atoms with Crippen LogP contribution in [0, 0.1) is 5.92 Å². The summed E-state index contributed by atoms with van der Waals surface area (Å²) in [7, 11) is 0. The van der Waals surface area contributed by atoms with Crippen LogP contribution in [0.5, 0.6) is 0 Å². The average Bonchev–Trinajstić information content (AvgIpc) is 3.29. The van der Waals surface area contributed by atoms with Crippen LogP contribution in [0.15, 0.2) is 45.8 Å². The maximum Gasteiger partial charge on any atom is 0.230 e. The van der Waals surface area contributed by atoms with Gasteiger partial charge >= 0.3 is 0 Å². The van der Waals surface area contributed by atoms with Crippen molar-refractivity contribution >= 4 is 5.91 Å². The van der Waals surface area contributed by atoms with Crippen LogP contribution in [0.3, 0.4) is 0 Å². The molecule has 6 nitrogen and oxygen atoms in total. The number of furan rings is 2. The van der Waals surface area contributed by atoms with E-state index in [9.17, 15) is 4.79 Å². The highest BCUT2D eigenvalue weighted by molar-refractivity contribution is 5.78. The van der Waals surface area contributed by atoms with Crippen molar-refractivity contribution in [3.63, 3.8) is 0 Å². The normalized spacial score (nSPS) is 24.8. The van der Waals surface area contributed by atoms with E-state index in [0.717, 1.165) is 31.9 Å². The molecule has 2 aliphatic rings. The molecule has 0 aliphatic carbocycles. The topological polar surface area (TPSA) is 59.1 Å². The number of fused-ring (bicyclic) bond motifs is 1. The Hall–Kier alpha value is -2.05. The molecule has 24 heavy (non-hydrogen) atoms. The number of hydrogen-bond donors (Lipinski definition) is 0. The minimum Gasteiger partial charge on any atom is -0.472 e. The van der Waals surface area contributed by atoms with Gasteiger partial charge in [0.2, 0.25) is 5.91 Å². The predicted molar refractivity (Wildman–Crippen MR) is 86.2 cm³/mol. The molecule has 2 atom stereocenters. The molecule has 0 aromatic carbocycles. The second kappa shape index (κ2) is 6.83. The number of amides is 1. The number of nitrogens with zero attached hydrogens (tertiary/aromatic N) is 2. The molecule has 0 spiro atoms. The second-order valence-electron chi connectivity index (χ2n) is 6.59. The zero-order chi connectivity index (χ0) is 16.4. The fraction of sp³-hybridized carbons (Fsp3) is 0.500. The van der Waals surface area contributed by atoms with Crippen molar-refractivity contribution in [2.24, 2.45) is 5.92 Å². The standard InChI is InChI=1S/C18H22N2O4/c21-18(8-16-2-1-5-23-16)20-11-15-10-19(4-7-24-17(15)12-20)9-14-3-6-22-13-14/h1-3,5-6,13,15,17H,4,7-12H2/t15-,17+/m0/s1. The second-order valence-corrected chi connectivity index (χ2v) is 6.59. The lowest BCUT2D eigenvalue weighted by atomic mass is 10.1. The van der Waals surface area contributed by atoms with E-state index in [-0.39, 0.29) is 12.0 Å². The summed E-state index contributed by atoms with van der Waals surface area (Å²) in [6.45, 7) is 4.87. The highest BCUT2D eigenvalue weighted by Crippen LogP contribution is 2.25. The van der Waals surface area contributed by atoms with E-state index in [1.54, 1.807) is 18.8 Å². The molecular weight excluding hydrogens is 308 g/mol. The van der Waals surface area contributed by atoms with Gasteiger partial charge in [-0.3, -0.25) is 9.69 Å². The number of ether oxygens (including phenoxy) is 1. The van der Waals surface area contributed by atoms with E-state index in [0.29, 0.717) is 25.5 Å². The number of hydrogen-bond acceptors (Lipinski definition) is 5. The predicted octanol–water partition coefficient (Wildman–Crippen LogP) is 1.77. The molecule has 4 heterocycles. The summed E-state index contributed by atoms with van der Waals surface area (Å²) in [6.07, 6.45) is 5.56. The zero-order valence-electron chi connectivity index (χ0n) is 13.6. The largest absolute Gasteiger partial charge is 0.472 e. The van der Waals surface area contributed by atoms with Crippen molar-refractivity contribution in [2.45, 2.75) is 19.1 Å². The SMILES string of the molecule is O=C(Cc1ccco1)N1C[C@@H]2CN(Cc3ccoc3)CCO[C@@H]2C1. The van der Waals surface area contributed by atoms with Gasteiger partial charge in [-0.15, -0.1) is 0 Å². The molecule has 0 N–H and O–H groups in total. The quantitative estimate of drug-likeness (QED) is 0.855. The van der Waals surface area contributed by atoms with Crippen molar-refractivity contribution < 1.29 is 18.4 Å². The molecule has 0 saturated carbocycles. The molecule has 2 aromatic heterocycles. The van der Waals surface area contributed by atoms with Gasteiger partial charge in [0.1, 0.15) is 5.76 Å². The van der Waals surface area contributed by atoms with E-state index in [2.05, 4.69) is 4.90 Å². The summed E-state index contributed by atoms with van der Waals surface area (Å²) >= 11 is 0. The van der Waals surface area contributed by atoms with Crippen molar-refractivity contribution in [1.29, 1.82) is 0 Å². The van der Waals surface area contributed by atoms with Gasteiger partial charge in [-0.2, -0.15) is 0 Å². The Morgan fingerprint density at radius 3 is 2.96 bits per heavy atom. The van der Waals surface area contributed by atoms with Crippen molar-refractivity contribution in [3.8, 4) is 0 Å². The van der Waals surface area contributed by atoms with Crippen LogP contribution in [0.25, 0.3) is 0 Å². The summed E-state index contributed by atoms with van der Waals surface area (Å²) < 4.78 is 16.4. The highest BCUT2D eigenvalue weighted by atomic mass is 16.5. The number of carbonyl (C=O) groups excluding carboxylic acids is 1. The zero-order valence-corrected chi connectivity index (χ0v) is 13.6. The van der Waals surface area contributed by atoms with Crippen LogP contribution in [0.2, 0.25) is 0 Å². The summed E-state index contributed by atoms with van der Waals surface area (Å²) in [5, 5.41) is 0. The van der Waals surface area contributed by atoms with Crippen molar-refractivity contribution in [2.75, 3.05) is 32.8 Å². The van der Waals surface area contributed by atoms with Gasteiger partial charge in [-0.05, 0) is 18.2 Å². The monoisotopic (exact) mass is 330 g/mol. The lowest BCUT2D eigenvalue weighted by molar-refractivity contribution is -0.130. The maximum atomic E-state index is 12.5. The molecule has 0 radical (unpaired) electrons. The molecule has 2 aromatic rings. The minimum absolute atomic E-state index is 0.114. The summed E-state index contributed by atoms with van der Waals surface area (Å²) in [6, 6.07) is 5.65. The lowest BCUT2D eigenvalue weighted by Crippen LogP contribution is -2.34. The van der Waals surface area contributed by atoms with Crippen molar-refractivity contribution in [3.05, 3.63) is 48.3 Å². The highest BCUT2D eigenvalue weighted by Gasteiger charge is 2.38. The Kier molecular flexibility index (Phi) is 4.40.